The third-order valence-electron chi connectivity index (χ3n) is 6.41. The molecule has 3 aromatic rings. The summed E-state index contributed by atoms with van der Waals surface area (Å²) in [6.07, 6.45) is 7.99. The molecule has 1 fully saturated rings. The fourth-order valence-electron chi connectivity index (χ4n) is 4.87. The molecular formula is C30H26. The minimum atomic E-state index is 0.296. The normalized spacial score (nSPS) is 21.9. The highest BCUT2D eigenvalue weighted by Gasteiger charge is 2.39. The maximum Gasteiger partial charge on any atom is 0.0201 e. The molecule has 0 heterocycles. The number of hydrogen-bond donors (Lipinski definition) is 0. The van der Waals surface area contributed by atoms with E-state index < -0.39 is 0 Å². The number of hydrogen-bond acceptors (Lipinski definition) is 0. The fraction of sp³-hybridized carbons (Fsp3) is 0.133. The quantitative estimate of drug-likeness (QED) is 0.431. The average molecular weight is 387 g/mol. The monoisotopic (exact) mass is 386 g/mol. The highest BCUT2D eigenvalue weighted by molar-refractivity contribution is 5.79. The van der Waals surface area contributed by atoms with Crippen LogP contribution in [-0.2, 0) is 0 Å². The molecule has 3 aromatic carbocycles. The van der Waals surface area contributed by atoms with E-state index in [0.29, 0.717) is 11.8 Å². The zero-order valence-electron chi connectivity index (χ0n) is 17.4. The maximum absolute atomic E-state index is 4.60. The van der Waals surface area contributed by atoms with Gasteiger partial charge in [0, 0.05) is 11.8 Å². The Balaban J connectivity index is 1.57. The van der Waals surface area contributed by atoms with Crippen molar-refractivity contribution in [3.8, 4) is 0 Å². The van der Waals surface area contributed by atoms with Crippen molar-refractivity contribution in [3.63, 3.8) is 0 Å². The molecule has 146 valence electrons. The van der Waals surface area contributed by atoms with E-state index >= 15 is 0 Å². The number of aryl methyl sites for hydroxylation is 1. The van der Waals surface area contributed by atoms with Gasteiger partial charge in [0.25, 0.3) is 0 Å². The van der Waals surface area contributed by atoms with Crippen LogP contribution in [0.15, 0.2) is 120 Å². The van der Waals surface area contributed by atoms with Gasteiger partial charge in [-0.2, -0.15) is 0 Å². The first-order valence-electron chi connectivity index (χ1n) is 10.7. The lowest BCUT2D eigenvalue weighted by Gasteiger charge is -2.32. The van der Waals surface area contributed by atoms with Crippen molar-refractivity contribution in [3.05, 3.63) is 143 Å². The Labute approximate surface area is 179 Å². The molecule has 0 N–H and O–H groups in total. The lowest BCUT2D eigenvalue weighted by Crippen LogP contribution is -2.17. The highest BCUT2D eigenvalue weighted by Crippen LogP contribution is 2.54. The molecule has 1 saturated carbocycles. The molecule has 0 aromatic heterocycles. The number of benzene rings is 3. The molecule has 0 spiro atoms. The van der Waals surface area contributed by atoms with Gasteiger partial charge in [-0.15, -0.1) is 0 Å². The van der Waals surface area contributed by atoms with Crippen LogP contribution in [0.3, 0.4) is 0 Å². The van der Waals surface area contributed by atoms with Crippen molar-refractivity contribution in [2.45, 2.75) is 19.3 Å². The van der Waals surface area contributed by atoms with Crippen LogP contribution in [0.4, 0.5) is 0 Å². The lowest BCUT2D eigenvalue weighted by molar-refractivity contribution is 0.673. The second kappa shape index (κ2) is 7.80. The predicted molar refractivity (Wildman–Crippen MR) is 128 cm³/mol. The number of fused-ring (bicyclic) bond motifs is 1. The Morgan fingerprint density at radius 1 is 0.767 bits per heavy atom. The van der Waals surface area contributed by atoms with E-state index in [1.165, 1.54) is 44.5 Å². The van der Waals surface area contributed by atoms with Gasteiger partial charge in [0.2, 0.25) is 0 Å². The van der Waals surface area contributed by atoms with Crippen LogP contribution in [0.2, 0.25) is 0 Å². The average Bonchev–Trinajstić information content (AvgIpc) is 3.11. The molecule has 2 atom stereocenters. The van der Waals surface area contributed by atoms with E-state index in [2.05, 4.69) is 117 Å². The third-order valence-corrected chi connectivity index (χ3v) is 6.41. The first kappa shape index (κ1) is 18.6. The predicted octanol–water partition coefficient (Wildman–Crippen LogP) is 7.76. The molecular weight excluding hydrogens is 360 g/mol. The van der Waals surface area contributed by atoms with Crippen molar-refractivity contribution in [2.24, 2.45) is 5.92 Å². The molecule has 0 radical (unpaired) electrons. The zero-order chi connectivity index (χ0) is 20.5. The molecule has 30 heavy (non-hydrogen) atoms. The summed E-state index contributed by atoms with van der Waals surface area (Å²) >= 11 is 0. The van der Waals surface area contributed by atoms with Gasteiger partial charge in [-0.25, -0.2) is 0 Å². The molecule has 0 nitrogen and oxygen atoms in total. The van der Waals surface area contributed by atoms with Crippen molar-refractivity contribution in [1.82, 2.24) is 0 Å². The van der Waals surface area contributed by atoms with E-state index in [9.17, 15) is 0 Å². The summed E-state index contributed by atoms with van der Waals surface area (Å²) in [4.78, 5) is 0. The summed E-state index contributed by atoms with van der Waals surface area (Å²) in [5, 5.41) is 0. The van der Waals surface area contributed by atoms with Gasteiger partial charge in [0.1, 0.15) is 0 Å². The summed E-state index contributed by atoms with van der Waals surface area (Å²) < 4.78 is 0. The number of allylic oxidation sites excluding steroid dienone is 6. The molecule has 2 aliphatic rings. The minimum Gasteiger partial charge on any atom is -0.0949 e. The molecule has 0 heteroatoms. The summed E-state index contributed by atoms with van der Waals surface area (Å²) in [7, 11) is 0. The zero-order valence-corrected chi connectivity index (χ0v) is 17.4. The molecule has 2 aliphatic carbocycles. The molecule has 0 amide bonds. The van der Waals surface area contributed by atoms with Crippen LogP contribution in [-0.4, -0.2) is 0 Å². The largest absolute Gasteiger partial charge is 0.0949 e. The van der Waals surface area contributed by atoms with Gasteiger partial charge < -0.3 is 0 Å². The Morgan fingerprint density at radius 2 is 1.43 bits per heavy atom. The second-order valence-corrected chi connectivity index (χ2v) is 8.38. The van der Waals surface area contributed by atoms with Crippen molar-refractivity contribution < 1.29 is 0 Å². The summed E-state index contributed by atoms with van der Waals surface area (Å²) in [5.74, 6) is 0.620. The standard InChI is InChI=1S/C30H26/c1-21-13-15-23(16-14-21)19-27-20-26-17-18-28(24-9-5-3-6-10-24)30(29(26)22(27)2)25-11-7-4-8-12-25/h3-19,29-30H,2,20H2,1H3. The van der Waals surface area contributed by atoms with Crippen LogP contribution in [0, 0.1) is 12.8 Å². The molecule has 0 saturated heterocycles. The van der Waals surface area contributed by atoms with E-state index in [0.717, 1.165) is 6.42 Å². The maximum atomic E-state index is 4.60. The van der Waals surface area contributed by atoms with Crippen LogP contribution < -0.4 is 0 Å². The molecule has 0 aliphatic heterocycles. The highest BCUT2D eigenvalue weighted by atomic mass is 14.4. The molecule has 2 unspecified atom stereocenters. The van der Waals surface area contributed by atoms with E-state index in [-0.39, 0.29) is 0 Å². The second-order valence-electron chi connectivity index (χ2n) is 8.38. The molecule has 5 rings (SSSR count). The van der Waals surface area contributed by atoms with Gasteiger partial charge in [-0.1, -0.05) is 121 Å². The van der Waals surface area contributed by atoms with E-state index in [4.69, 9.17) is 0 Å². The van der Waals surface area contributed by atoms with Gasteiger partial charge in [-0.3, -0.25) is 0 Å². The Kier molecular flexibility index (Phi) is 4.85. The van der Waals surface area contributed by atoms with Crippen molar-refractivity contribution in [1.29, 1.82) is 0 Å². The van der Waals surface area contributed by atoms with Crippen LogP contribution >= 0.6 is 0 Å². The van der Waals surface area contributed by atoms with Gasteiger partial charge in [0.15, 0.2) is 0 Å². The minimum absolute atomic E-state index is 0.296. The smallest absolute Gasteiger partial charge is 0.0201 e. The Hall–Kier alpha value is -3.38. The van der Waals surface area contributed by atoms with Crippen LogP contribution in [0.1, 0.15) is 34.6 Å². The van der Waals surface area contributed by atoms with Crippen molar-refractivity contribution >= 4 is 11.6 Å². The van der Waals surface area contributed by atoms with Gasteiger partial charge >= 0.3 is 0 Å². The lowest BCUT2D eigenvalue weighted by atomic mass is 9.71. The summed E-state index contributed by atoms with van der Waals surface area (Å²) in [6.45, 7) is 6.73. The van der Waals surface area contributed by atoms with Crippen LogP contribution in [0.25, 0.3) is 11.6 Å². The van der Waals surface area contributed by atoms with Gasteiger partial charge in [-0.05, 0) is 46.8 Å². The van der Waals surface area contributed by atoms with Crippen molar-refractivity contribution in [2.75, 3.05) is 0 Å². The Morgan fingerprint density at radius 3 is 2.13 bits per heavy atom. The number of rotatable bonds is 3. The van der Waals surface area contributed by atoms with E-state index in [1.807, 2.05) is 0 Å². The fourth-order valence-corrected chi connectivity index (χ4v) is 4.87. The topological polar surface area (TPSA) is 0 Å². The van der Waals surface area contributed by atoms with E-state index in [1.54, 1.807) is 0 Å². The first-order chi connectivity index (χ1) is 14.7. The van der Waals surface area contributed by atoms with Crippen LogP contribution in [0.5, 0.6) is 0 Å². The summed E-state index contributed by atoms with van der Waals surface area (Å²) in [6, 6.07) is 30.5. The first-order valence-corrected chi connectivity index (χ1v) is 10.7. The van der Waals surface area contributed by atoms with Gasteiger partial charge in [0.05, 0.1) is 0 Å². The molecule has 0 bridgehead atoms. The Bertz CT molecular complexity index is 1160. The third kappa shape index (κ3) is 3.39. The SMILES string of the molecule is C=C1C(=Cc2ccc(C)cc2)CC2=CC=C(c3ccccc3)C(c3ccccc3)C12. The summed E-state index contributed by atoms with van der Waals surface area (Å²) in [5.41, 5.74) is 10.7.